The monoisotopic (exact) mass is 374 g/mol. The highest BCUT2D eigenvalue weighted by atomic mass is 19.4. The third kappa shape index (κ3) is 4.40. The Labute approximate surface area is 151 Å². The largest absolute Gasteiger partial charge is 0.401 e. The minimum absolute atomic E-state index is 0.215. The molecule has 0 amide bonds. The van der Waals surface area contributed by atoms with Crippen LogP contribution in [0.1, 0.15) is 26.7 Å². The second-order valence-corrected chi connectivity index (χ2v) is 7.63. The topological polar surface area (TPSA) is 44.5 Å². The van der Waals surface area contributed by atoms with Gasteiger partial charge in [0.25, 0.3) is 0 Å². The molecule has 1 aromatic carbocycles. The molecule has 1 aliphatic carbocycles. The molecule has 2 unspecified atom stereocenters. The van der Waals surface area contributed by atoms with E-state index in [4.69, 9.17) is 5.73 Å². The summed E-state index contributed by atoms with van der Waals surface area (Å²) in [6, 6.07) is 4.85. The van der Waals surface area contributed by atoms with Gasteiger partial charge < -0.3 is 16.0 Å². The van der Waals surface area contributed by atoms with Crippen LogP contribution >= 0.6 is 0 Å². The third-order valence-electron chi connectivity index (χ3n) is 5.30. The summed E-state index contributed by atoms with van der Waals surface area (Å²) in [7, 11) is 0. The first kappa shape index (κ1) is 19.2. The third-order valence-corrected chi connectivity index (χ3v) is 5.30. The molecule has 0 spiro atoms. The molecule has 2 aliphatic rings. The lowest BCUT2D eigenvalue weighted by atomic mass is 9.87. The number of piperazine rings is 1. The molecule has 8 heteroatoms. The Hall–Kier alpha value is -1.54. The number of rotatable bonds is 4. The van der Waals surface area contributed by atoms with Crippen LogP contribution in [-0.4, -0.2) is 54.9 Å². The lowest BCUT2D eigenvalue weighted by Gasteiger charge is -2.45. The molecule has 0 bridgehead atoms. The van der Waals surface area contributed by atoms with Crippen LogP contribution < -0.4 is 16.0 Å². The second-order valence-electron chi connectivity index (χ2n) is 7.63. The predicted octanol–water partition coefficient (Wildman–Crippen LogP) is 3.19. The number of nitrogens with two attached hydrogens (primary N) is 1. The first-order chi connectivity index (χ1) is 12.1. The van der Waals surface area contributed by atoms with Gasteiger partial charge >= 0.3 is 6.18 Å². The summed E-state index contributed by atoms with van der Waals surface area (Å²) in [5.74, 6) is -0.359. The molecular formula is C18H26F4N4. The van der Waals surface area contributed by atoms with Gasteiger partial charge in [0.2, 0.25) is 0 Å². The second kappa shape index (κ2) is 7.23. The Balaban J connectivity index is 1.66. The maximum Gasteiger partial charge on any atom is 0.401 e. The fourth-order valence-electron chi connectivity index (χ4n) is 3.94. The van der Waals surface area contributed by atoms with Gasteiger partial charge in [-0.3, -0.25) is 4.90 Å². The molecule has 3 rings (SSSR count). The zero-order valence-electron chi connectivity index (χ0n) is 15.1. The van der Waals surface area contributed by atoms with Crippen LogP contribution in [-0.2, 0) is 0 Å². The van der Waals surface area contributed by atoms with Crippen LogP contribution in [0.3, 0.4) is 0 Å². The number of hydrogen-bond acceptors (Lipinski definition) is 4. The highest BCUT2D eigenvalue weighted by Gasteiger charge is 2.38. The van der Waals surface area contributed by atoms with Crippen LogP contribution in [0.2, 0.25) is 0 Å². The summed E-state index contributed by atoms with van der Waals surface area (Å²) < 4.78 is 52.8. The van der Waals surface area contributed by atoms with E-state index in [0.717, 1.165) is 12.8 Å². The Morgan fingerprint density at radius 3 is 2.27 bits per heavy atom. The zero-order valence-corrected chi connectivity index (χ0v) is 15.1. The van der Waals surface area contributed by atoms with Gasteiger partial charge in [0.05, 0.1) is 12.2 Å². The van der Waals surface area contributed by atoms with E-state index in [1.54, 1.807) is 19.9 Å². The fourth-order valence-corrected chi connectivity index (χ4v) is 3.94. The fraction of sp³-hybridized carbons (Fsp3) is 0.667. The van der Waals surface area contributed by atoms with Crippen LogP contribution in [0.5, 0.6) is 0 Å². The van der Waals surface area contributed by atoms with Crippen molar-refractivity contribution in [1.29, 1.82) is 0 Å². The van der Waals surface area contributed by atoms with Gasteiger partial charge in [-0.05, 0) is 44.9 Å². The molecule has 1 saturated heterocycles. The van der Waals surface area contributed by atoms with E-state index in [9.17, 15) is 17.6 Å². The van der Waals surface area contributed by atoms with Gasteiger partial charge in [-0.1, -0.05) is 0 Å². The number of alkyl halides is 3. The van der Waals surface area contributed by atoms with Crippen LogP contribution in [0.15, 0.2) is 18.2 Å². The molecule has 1 aromatic rings. The molecule has 146 valence electrons. The van der Waals surface area contributed by atoms with E-state index >= 15 is 0 Å². The highest BCUT2D eigenvalue weighted by molar-refractivity contribution is 5.57. The van der Waals surface area contributed by atoms with Gasteiger partial charge in [-0.2, -0.15) is 13.2 Å². The van der Waals surface area contributed by atoms with Gasteiger partial charge in [0.15, 0.2) is 0 Å². The minimum atomic E-state index is -4.23. The van der Waals surface area contributed by atoms with E-state index in [-0.39, 0.29) is 30.0 Å². The van der Waals surface area contributed by atoms with Gasteiger partial charge in [-0.25, -0.2) is 4.39 Å². The van der Waals surface area contributed by atoms with Crippen LogP contribution in [0, 0.1) is 5.82 Å². The lowest BCUT2D eigenvalue weighted by Crippen LogP contribution is -2.59. The number of benzene rings is 1. The first-order valence-corrected chi connectivity index (χ1v) is 9.01. The van der Waals surface area contributed by atoms with Crippen molar-refractivity contribution in [3.63, 3.8) is 0 Å². The van der Waals surface area contributed by atoms with Crippen LogP contribution in [0.25, 0.3) is 0 Å². The lowest BCUT2D eigenvalue weighted by molar-refractivity contribution is -0.156. The van der Waals surface area contributed by atoms with Crippen molar-refractivity contribution in [3.05, 3.63) is 24.0 Å². The molecule has 0 aromatic heterocycles. The Morgan fingerprint density at radius 1 is 1.15 bits per heavy atom. The number of anilines is 2. The first-order valence-electron chi connectivity index (χ1n) is 9.01. The van der Waals surface area contributed by atoms with E-state index in [2.05, 4.69) is 5.32 Å². The van der Waals surface area contributed by atoms with Crippen LogP contribution in [0.4, 0.5) is 28.9 Å². The van der Waals surface area contributed by atoms with Crippen molar-refractivity contribution in [2.75, 3.05) is 29.9 Å². The van der Waals surface area contributed by atoms with E-state index < -0.39 is 12.7 Å². The molecular weight excluding hydrogens is 348 g/mol. The zero-order chi connectivity index (χ0) is 19.1. The van der Waals surface area contributed by atoms with Gasteiger partial charge in [0, 0.05) is 42.9 Å². The summed E-state index contributed by atoms with van der Waals surface area (Å²) >= 11 is 0. The Bertz CT molecular complexity index is 618. The van der Waals surface area contributed by atoms with E-state index in [0.29, 0.717) is 24.5 Å². The SMILES string of the molecule is CC1CN(c2ccc(NC3CC(N)C3)cc2F)CC(C)N1CC(F)(F)F. The smallest absolute Gasteiger partial charge is 0.382 e. The summed E-state index contributed by atoms with van der Waals surface area (Å²) in [6.07, 6.45) is -2.48. The molecule has 4 nitrogen and oxygen atoms in total. The quantitative estimate of drug-likeness (QED) is 0.795. The Morgan fingerprint density at radius 2 is 1.77 bits per heavy atom. The average Bonchev–Trinajstić information content (AvgIpc) is 2.48. The molecule has 1 saturated carbocycles. The number of nitrogens with zero attached hydrogens (tertiary/aromatic N) is 2. The van der Waals surface area contributed by atoms with Crippen molar-refractivity contribution in [2.45, 2.75) is 57.0 Å². The van der Waals surface area contributed by atoms with Crippen molar-refractivity contribution in [2.24, 2.45) is 5.73 Å². The van der Waals surface area contributed by atoms with E-state index in [1.807, 2.05) is 11.0 Å². The van der Waals surface area contributed by atoms with Crippen molar-refractivity contribution >= 4 is 11.4 Å². The maximum absolute atomic E-state index is 14.6. The van der Waals surface area contributed by atoms with Crippen molar-refractivity contribution < 1.29 is 17.6 Å². The number of halogens is 4. The summed E-state index contributed by atoms with van der Waals surface area (Å²) in [5.41, 5.74) is 6.90. The molecule has 0 radical (unpaired) electrons. The van der Waals surface area contributed by atoms with Gasteiger partial charge in [0.1, 0.15) is 5.82 Å². The molecule has 2 atom stereocenters. The summed E-state index contributed by atoms with van der Waals surface area (Å²) in [4.78, 5) is 3.27. The molecule has 1 heterocycles. The molecule has 2 fully saturated rings. The summed E-state index contributed by atoms with van der Waals surface area (Å²) in [5, 5.41) is 3.26. The minimum Gasteiger partial charge on any atom is -0.382 e. The predicted molar refractivity (Wildman–Crippen MR) is 94.9 cm³/mol. The number of nitrogens with one attached hydrogen (secondary N) is 1. The highest BCUT2D eigenvalue weighted by Crippen LogP contribution is 2.30. The average molecular weight is 374 g/mol. The van der Waals surface area contributed by atoms with Gasteiger partial charge in [-0.15, -0.1) is 0 Å². The molecule has 1 aliphatic heterocycles. The van der Waals surface area contributed by atoms with Crippen molar-refractivity contribution in [3.8, 4) is 0 Å². The van der Waals surface area contributed by atoms with E-state index in [1.165, 1.54) is 11.0 Å². The molecule has 26 heavy (non-hydrogen) atoms. The van der Waals surface area contributed by atoms with Crippen molar-refractivity contribution in [1.82, 2.24) is 4.90 Å². The maximum atomic E-state index is 14.6. The number of hydrogen-bond donors (Lipinski definition) is 2. The normalized spacial score (nSPS) is 30.2. The molecule has 3 N–H and O–H groups in total. The summed E-state index contributed by atoms with van der Waals surface area (Å²) in [6.45, 7) is 3.30. The Kier molecular flexibility index (Phi) is 5.35. The standard InChI is InChI=1S/C18H26F4N4/c1-11-8-25(9-12(2)26(11)10-18(20,21)22)17-4-3-14(7-16(17)19)24-15-5-13(23)6-15/h3-4,7,11-13,15,24H,5-6,8-10,23H2,1-2H3.